The first kappa shape index (κ1) is 10.7. The van der Waals surface area contributed by atoms with E-state index in [4.69, 9.17) is 4.74 Å². The number of ether oxygens (including phenoxy) is 1. The third-order valence-electron chi connectivity index (χ3n) is 1.19. The molecule has 0 spiro atoms. The van der Waals surface area contributed by atoms with Crippen LogP contribution in [0.25, 0.3) is 0 Å². The van der Waals surface area contributed by atoms with Gasteiger partial charge in [-0.05, 0) is 6.42 Å². The number of hydrogen-bond donors (Lipinski definition) is 0. The zero-order chi connectivity index (χ0) is 7.82. The third-order valence-corrected chi connectivity index (χ3v) is 3.68. The molecule has 0 bridgehead atoms. The minimum Gasteiger partial charge on any atom is -0.381 e. The molecule has 1 unspecified atom stereocenters. The Hall–Kier alpha value is 0.660. The maximum Gasteiger partial charge on any atom is 0.0678 e. The summed E-state index contributed by atoms with van der Waals surface area (Å²) in [7, 11) is 5.66. The highest BCUT2D eigenvalue weighted by atomic mass is 33.1. The molecule has 3 heteroatoms. The average Bonchev–Trinajstić information content (AvgIpc) is 2.10. The van der Waals surface area contributed by atoms with Crippen molar-refractivity contribution in [1.82, 2.24) is 0 Å². The van der Waals surface area contributed by atoms with Gasteiger partial charge in [-0.25, -0.2) is 0 Å². The Morgan fingerprint density at radius 1 is 1.30 bits per heavy atom. The first-order valence-corrected chi connectivity index (χ1v) is 6.19. The van der Waals surface area contributed by atoms with Crippen molar-refractivity contribution in [3.63, 3.8) is 0 Å². The van der Waals surface area contributed by atoms with Gasteiger partial charge < -0.3 is 4.74 Å². The fraction of sp³-hybridized carbons (Fsp3) is 1.00. The van der Waals surface area contributed by atoms with Gasteiger partial charge >= 0.3 is 0 Å². The van der Waals surface area contributed by atoms with Crippen molar-refractivity contribution < 1.29 is 4.74 Å². The van der Waals surface area contributed by atoms with Gasteiger partial charge in [0.1, 0.15) is 0 Å². The molecule has 1 fully saturated rings. The Balaban J connectivity index is 0.000000371. The molecule has 1 aliphatic heterocycles. The zero-order valence-electron chi connectivity index (χ0n) is 6.92. The molecule has 0 aromatic rings. The summed E-state index contributed by atoms with van der Waals surface area (Å²) in [6.45, 7) is 4.00. The van der Waals surface area contributed by atoms with Crippen molar-refractivity contribution in [3.05, 3.63) is 0 Å². The summed E-state index contributed by atoms with van der Waals surface area (Å²) in [5, 5.41) is 0. The summed E-state index contributed by atoms with van der Waals surface area (Å²) in [4.78, 5) is 0. The maximum atomic E-state index is 5.16. The van der Waals surface area contributed by atoms with Crippen molar-refractivity contribution in [1.29, 1.82) is 0 Å². The number of methoxy groups -OCH3 is 1. The Morgan fingerprint density at radius 2 is 2.00 bits per heavy atom. The van der Waals surface area contributed by atoms with Gasteiger partial charge in [-0.15, -0.1) is 0 Å². The molecule has 1 nitrogen and oxygen atoms in total. The molecule has 1 atom stereocenters. The second kappa shape index (κ2) is 7.76. The summed E-state index contributed by atoms with van der Waals surface area (Å²) >= 11 is 0. The van der Waals surface area contributed by atoms with E-state index in [1.807, 2.05) is 35.4 Å². The highest BCUT2D eigenvalue weighted by Gasteiger charge is 2.11. The first-order valence-electron chi connectivity index (χ1n) is 3.70. The Morgan fingerprint density at radius 3 is 2.30 bits per heavy atom. The average molecular weight is 180 g/mol. The lowest BCUT2D eigenvalue weighted by atomic mass is 10.3. The van der Waals surface area contributed by atoms with Crippen molar-refractivity contribution >= 4 is 21.6 Å². The fourth-order valence-electron chi connectivity index (χ4n) is 0.632. The lowest BCUT2D eigenvalue weighted by molar-refractivity contribution is 0.120. The Bertz CT molecular complexity index is 62.6. The van der Waals surface area contributed by atoms with Crippen molar-refractivity contribution in [2.45, 2.75) is 26.4 Å². The van der Waals surface area contributed by atoms with E-state index in [-0.39, 0.29) is 0 Å². The van der Waals surface area contributed by atoms with Gasteiger partial charge in [0.05, 0.1) is 6.10 Å². The summed E-state index contributed by atoms with van der Waals surface area (Å²) in [5.74, 6) is 2.42. The highest BCUT2D eigenvalue weighted by molar-refractivity contribution is 8.76. The lowest BCUT2D eigenvalue weighted by Gasteiger charge is -2.18. The second-order valence-corrected chi connectivity index (χ2v) is 4.38. The summed E-state index contributed by atoms with van der Waals surface area (Å²) in [6, 6.07) is 0. The van der Waals surface area contributed by atoms with E-state index in [9.17, 15) is 0 Å². The van der Waals surface area contributed by atoms with E-state index in [2.05, 4.69) is 0 Å². The van der Waals surface area contributed by atoms with Crippen LogP contribution in [0.5, 0.6) is 0 Å². The van der Waals surface area contributed by atoms with Crippen LogP contribution in [0.2, 0.25) is 0 Å². The van der Waals surface area contributed by atoms with Gasteiger partial charge in [-0.1, -0.05) is 35.4 Å². The quantitative estimate of drug-likeness (QED) is 0.574. The molecule has 0 aromatic carbocycles. The van der Waals surface area contributed by atoms with E-state index >= 15 is 0 Å². The second-order valence-electron chi connectivity index (χ2n) is 1.75. The predicted octanol–water partition coefficient (Wildman–Crippen LogP) is 2.81. The van der Waals surface area contributed by atoms with E-state index in [0.717, 1.165) is 0 Å². The SMILES string of the molecule is CC.COC1CCSSC1. The topological polar surface area (TPSA) is 9.23 Å². The minimum absolute atomic E-state index is 0.529. The molecule has 1 saturated heterocycles. The molecule has 1 heterocycles. The molecule has 0 N–H and O–H groups in total. The molecule has 0 radical (unpaired) electrons. The van der Waals surface area contributed by atoms with Crippen molar-refractivity contribution in [2.24, 2.45) is 0 Å². The van der Waals surface area contributed by atoms with Crippen molar-refractivity contribution in [3.8, 4) is 0 Å². The van der Waals surface area contributed by atoms with Gasteiger partial charge in [-0.2, -0.15) is 0 Å². The van der Waals surface area contributed by atoms with Crippen LogP contribution in [-0.2, 0) is 4.74 Å². The van der Waals surface area contributed by atoms with Gasteiger partial charge in [0.15, 0.2) is 0 Å². The van der Waals surface area contributed by atoms with Gasteiger partial charge in [0.25, 0.3) is 0 Å². The molecular formula is C7H16OS2. The fourth-order valence-corrected chi connectivity index (χ4v) is 3.05. The number of rotatable bonds is 1. The minimum atomic E-state index is 0.529. The molecule has 0 amide bonds. The van der Waals surface area contributed by atoms with Crippen LogP contribution < -0.4 is 0 Å². The van der Waals surface area contributed by atoms with Gasteiger partial charge in [0, 0.05) is 18.6 Å². The van der Waals surface area contributed by atoms with Crippen LogP contribution >= 0.6 is 21.6 Å². The van der Waals surface area contributed by atoms with Crippen LogP contribution in [0.1, 0.15) is 20.3 Å². The van der Waals surface area contributed by atoms with Crippen LogP contribution in [0.15, 0.2) is 0 Å². The summed E-state index contributed by atoms with van der Waals surface area (Å²) in [5.41, 5.74) is 0. The molecular weight excluding hydrogens is 164 g/mol. The van der Waals surface area contributed by atoms with Crippen LogP contribution in [-0.4, -0.2) is 24.7 Å². The van der Waals surface area contributed by atoms with Gasteiger partial charge in [0.2, 0.25) is 0 Å². The monoisotopic (exact) mass is 180 g/mol. The molecule has 0 aromatic heterocycles. The Kier molecular flexibility index (Phi) is 8.28. The van der Waals surface area contributed by atoms with E-state index in [1.54, 1.807) is 7.11 Å². The Labute approximate surface area is 71.7 Å². The van der Waals surface area contributed by atoms with E-state index < -0.39 is 0 Å². The smallest absolute Gasteiger partial charge is 0.0678 e. The van der Waals surface area contributed by atoms with E-state index in [0.29, 0.717) is 6.10 Å². The largest absolute Gasteiger partial charge is 0.381 e. The molecule has 0 saturated carbocycles. The standard InChI is InChI=1S/C5H10OS2.C2H6/c1-6-5-2-3-7-8-4-5;1-2/h5H,2-4H2,1H3;1-2H3. The molecule has 1 rings (SSSR count). The van der Waals surface area contributed by atoms with Crippen LogP contribution in [0.4, 0.5) is 0 Å². The first-order chi connectivity index (χ1) is 4.93. The molecule has 10 heavy (non-hydrogen) atoms. The molecule has 1 aliphatic rings. The third kappa shape index (κ3) is 4.47. The normalized spacial score (nSPS) is 24.9. The maximum absolute atomic E-state index is 5.16. The van der Waals surface area contributed by atoms with Crippen molar-refractivity contribution in [2.75, 3.05) is 18.6 Å². The summed E-state index contributed by atoms with van der Waals surface area (Å²) in [6.07, 6.45) is 1.76. The number of hydrogen-bond acceptors (Lipinski definition) is 3. The highest BCUT2D eigenvalue weighted by Crippen LogP contribution is 2.29. The van der Waals surface area contributed by atoms with Gasteiger partial charge in [-0.3, -0.25) is 0 Å². The lowest BCUT2D eigenvalue weighted by Crippen LogP contribution is -2.16. The zero-order valence-corrected chi connectivity index (χ0v) is 8.56. The van der Waals surface area contributed by atoms with E-state index in [1.165, 1.54) is 17.9 Å². The predicted molar refractivity (Wildman–Crippen MR) is 51.7 cm³/mol. The molecule has 0 aliphatic carbocycles. The van der Waals surface area contributed by atoms with Crippen LogP contribution in [0.3, 0.4) is 0 Å². The van der Waals surface area contributed by atoms with Crippen LogP contribution in [0, 0.1) is 0 Å². The molecule has 62 valence electrons. The summed E-state index contributed by atoms with van der Waals surface area (Å²) < 4.78 is 5.16.